The van der Waals surface area contributed by atoms with Crippen molar-refractivity contribution in [3.63, 3.8) is 0 Å². The molecule has 0 bridgehead atoms. The molecule has 1 amide bonds. The van der Waals surface area contributed by atoms with E-state index >= 15 is 0 Å². The number of halogens is 1. The molecular formula is C15H18ClNO3. The van der Waals surface area contributed by atoms with Crippen LogP contribution in [0.4, 0.5) is 0 Å². The lowest BCUT2D eigenvalue weighted by atomic mass is 9.63. The molecule has 1 saturated carbocycles. The maximum atomic E-state index is 12.5. The summed E-state index contributed by atoms with van der Waals surface area (Å²) in [4.78, 5) is 23.6. The summed E-state index contributed by atoms with van der Waals surface area (Å²) < 4.78 is 0. The van der Waals surface area contributed by atoms with Gasteiger partial charge in [0, 0.05) is 5.02 Å². The summed E-state index contributed by atoms with van der Waals surface area (Å²) in [5, 5.41) is 12.3. The van der Waals surface area contributed by atoms with Gasteiger partial charge in [-0.15, -0.1) is 0 Å². The van der Waals surface area contributed by atoms with E-state index in [1.807, 2.05) is 12.1 Å². The fourth-order valence-corrected chi connectivity index (χ4v) is 2.79. The first-order valence-electron chi connectivity index (χ1n) is 6.79. The van der Waals surface area contributed by atoms with Crippen LogP contribution in [0.5, 0.6) is 0 Å². The van der Waals surface area contributed by atoms with Crippen molar-refractivity contribution in [2.24, 2.45) is 0 Å². The summed E-state index contributed by atoms with van der Waals surface area (Å²) in [5.74, 6) is -1.21. The Hall–Kier alpha value is -1.55. The third-order valence-corrected chi connectivity index (χ3v) is 4.27. The molecule has 0 aliphatic heterocycles. The molecule has 108 valence electrons. The summed E-state index contributed by atoms with van der Waals surface area (Å²) in [6, 6.07) is 6.43. The number of nitrogens with one attached hydrogen (secondary N) is 1. The molecule has 1 fully saturated rings. The Labute approximate surface area is 123 Å². The highest BCUT2D eigenvalue weighted by Gasteiger charge is 2.46. The van der Waals surface area contributed by atoms with Crippen molar-refractivity contribution in [2.45, 2.75) is 44.1 Å². The molecule has 20 heavy (non-hydrogen) atoms. The maximum absolute atomic E-state index is 12.5. The average Bonchev–Trinajstić information content (AvgIpc) is 2.34. The van der Waals surface area contributed by atoms with E-state index in [1.54, 1.807) is 19.1 Å². The van der Waals surface area contributed by atoms with Crippen molar-refractivity contribution >= 4 is 23.5 Å². The highest BCUT2D eigenvalue weighted by molar-refractivity contribution is 6.30. The van der Waals surface area contributed by atoms with Crippen molar-refractivity contribution in [1.82, 2.24) is 5.32 Å². The Morgan fingerprint density at radius 3 is 2.60 bits per heavy atom. The second-order valence-corrected chi connectivity index (χ2v) is 5.65. The number of hydrogen-bond donors (Lipinski definition) is 2. The first kappa shape index (κ1) is 14.9. The summed E-state index contributed by atoms with van der Waals surface area (Å²) in [6.07, 6.45) is 2.79. The van der Waals surface area contributed by atoms with Crippen LogP contribution in [0, 0.1) is 0 Å². The summed E-state index contributed by atoms with van der Waals surface area (Å²) in [6.45, 7) is 1.74. The molecule has 0 heterocycles. The van der Waals surface area contributed by atoms with Crippen molar-refractivity contribution in [1.29, 1.82) is 0 Å². The van der Waals surface area contributed by atoms with E-state index in [-0.39, 0.29) is 5.91 Å². The van der Waals surface area contributed by atoms with Gasteiger partial charge < -0.3 is 10.4 Å². The SMILES string of the molecule is CCC(NC(=O)C1(c2cccc(Cl)c2)CCC1)C(=O)O. The largest absolute Gasteiger partial charge is 0.480 e. The Morgan fingerprint density at radius 1 is 1.45 bits per heavy atom. The molecule has 1 unspecified atom stereocenters. The summed E-state index contributed by atoms with van der Waals surface area (Å²) in [5.41, 5.74) is 0.252. The van der Waals surface area contributed by atoms with E-state index in [0.29, 0.717) is 11.4 Å². The van der Waals surface area contributed by atoms with Crippen LogP contribution in [0.2, 0.25) is 5.02 Å². The third-order valence-electron chi connectivity index (χ3n) is 4.03. The molecule has 0 radical (unpaired) electrons. The molecule has 0 saturated heterocycles. The van der Waals surface area contributed by atoms with Crippen molar-refractivity contribution in [3.8, 4) is 0 Å². The van der Waals surface area contributed by atoms with Crippen LogP contribution in [0.1, 0.15) is 38.2 Å². The molecule has 0 spiro atoms. The van der Waals surface area contributed by atoms with E-state index in [1.165, 1.54) is 0 Å². The highest BCUT2D eigenvalue weighted by Crippen LogP contribution is 2.44. The number of amides is 1. The molecule has 1 aromatic carbocycles. The van der Waals surface area contributed by atoms with E-state index in [2.05, 4.69) is 5.32 Å². The Balaban J connectivity index is 2.23. The van der Waals surface area contributed by atoms with Gasteiger partial charge in [-0.05, 0) is 37.0 Å². The predicted molar refractivity (Wildman–Crippen MR) is 76.8 cm³/mol. The third kappa shape index (κ3) is 2.66. The minimum Gasteiger partial charge on any atom is -0.480 e. The van der Waals surface area contributed by atoms with E-state index in [0.717, 1.165) is 24.8 Å². The number of benzene rings is 1. The maximum Gasteiger partial charge on any atom is 0.326 e. The Kier molecular flexibility index (Phi) is 4.33. The smallest absolute Gasteiger partial charge is 0.326 e. The quantitative estimate of drug-likeness (QED) is 0.878. The normalized spacial score (nSPS) is 17.9. The second kappa shape index (κ2) is 5.83. The molecule has 1 aromatic rings. The molecule has 0 aromatic heterocycles. The van der Waals surface area contributed by atoms with Crippen LogP contribution in [0.15, 0.2) is 24.3 Å². The van der Waals surface area contributed by atoms with Gasteiger partial charge in [-0.3, -0.25) is 4.79 Å². The average molecular weight is 296 g/mol. The lowest BCUT2D eigenvalue weighted by molar-refractivity contribution is -0.143. The van der Waals surface area contributed by atoms with Gasteiger partial charge in [0.25, 0.3) is 0 Å². The number of carbonyl (C=O) groups is 2. The van der Waals surface area contributed by atoms with Gasteiger partial charge in [-0.1, -0.05) is 37.1 Å². The van der Waals surface area contributed by atoms with Gasteiger partial charge >= 0.3 is 5.97 Å². The zero-order valence-electron chi connectivity index (χ0n) is 11.4. The van der Waals surface area contributed by atoms with Gasteiger partial charge in [-0.25, -0.2) is 4.79 Å². The van der Waals surface area contributed by atoms with E-state index < -0.39 is 17.4 Å². The number of aliphatic carboxylic acids is 1. The van der Waals surface area contributed by atoms with Crippen molar-refractivity contribution in [3.05, 3.63) is 34.9 Å². The van der Waals surface area contributed by atoms with E-state index in [9.17, 15) is 9.59 Å². The second-order valence-electron chi connectivity index (χ2n) is 5.22. The fraction of sp³-hybridized carbons (Fsp3) is 0.467. The number of carboxylic acid groups (broad SMARTS) is 1. The van der Waals surface area contributed by atoms with Crippen LogP contribution >= 0.6 is 11.6 Å². The minimum absolute atomic E-state index is 0.208. The molecule has 1 aliphatic rings. The number of carbonyl (C=O) groups excluding carboxylic acids is 1. The van der Waals surface area contributed by atoms with E-state index in [4.69, 9.17) is 16.7 Å². The van der Waals surface area contributed by atoms with Gasteiger partial charge in [0.1, 0.15) is 6.04 Å². The molecular weight excluding hydrogens is 278 g/mol. The highest BCUT2D eigenvalue weighted by atomic mass is 35.5. The molecule has 5 heteroatoms. The van der Waals surface area contributed by atoms with Crippen LogP contribution in [0.25, 0.3) is 0 Å². The summed E-state index contributed by atoms with van der Waals surface area (Å²) >= 11 is 5.99. The first-order valence-corrected chi connectivity index (χ1v) is 7.17. The zero-order chi connectivity index (χ0) is 14.8. The molecule has 2 rings (SSSR count). The lowest BCUT2D eigenvalue weighted by Crippen LogP contribution is -2.53. The molecule has 4 nitrogen and oxygen atoms in total. The molecule has 1 atom stereocenters. The van der Waals surface area contributed by atoms with Crippen LogP contribution in [-0.4, -0.2) is 23.0 Å². The minimum atomic E-state index is -0.999. The fourth-order valence-electron chi connectivity index (χ4n) is 2.60. The van der Waals surface area contributed by atoms with Gasteiger partial charge in [0.05, 0.1) is 5.41 Å². The Morgan fingerprint density at radius 2 is 2.15 bits per heavy atom. The Bertz CT molecular complexity index is 526. The van der Waals surface area contributed by atoms with Crippen LogP contribution in [-0.2, 0) is 15.0 Å². The van der Waals surface area contributed by atoms with Gasteiger partial charge in [-0.2, -0.15) is 0 Å². The van der Waals surface area contributed by atoms with Crippen molar-refractivity contribution in [2.75, 3.05) is 0 Å². The molecule has 1 aliphatic carbocycles. The number of carboxylic acids is 1. The molecule has 2 N–H and O–H groups in total. The number of rotatable bonds is 5. The van der Waals surface area contributed by atoms with Gasteiger partial charge in [0.2, 0.25) is 5.91 Å². The van der Waals surface area contributed by atoms with Crippen LogP contribution in [0.3, 0.4) is 0 Å². The number of hydrogen-bond acceptors (Lipinski definition) is 2. The monoisotopic (exact) mass is 295 g/mol. The first-order chi connectivity index (χ1) is 9.49. The van der Waals surface area contributed by atoms with Crippen molar-refractivity contribution < 1.29 is 14.7 Å². The zero-order valence-corrected chi connectivity index (χ0v) is 12.1. The van der Waals surface area contributed by atoms with Gasteiger partial charge in [0.15, 0.2) is 0 Å². The predicted octanol–water partition coefficient (Wildman–Crippen LogP) is 2.74. The lowest BCUT2D eigenvalue weighted by Gasteiger charge is -2.41. The summed E-state index contributed by atoms with van der Waals surface area (Å²) in [7, 11) is 0. The standard InChI is InChI=1S/C15H18ClNO3/c1-2-12(13(18)19)17-14(20)15(7-4-8-15)10-5-3-6-11(16)9-10/h3,5-6,9,12H,2,4,7-8H2,1H3,(H,17,20)(H,18,19). The van der Waals surface area contributed by atoms with Crippen LogP contribution < -0.4 is 5.32 Å². The topological polar surface area (TPSA) is 66.4 Å².